The Balaban J connectivity index is 2.65. The highest BCUT2D eigenvalue weighted by Crippen LogP contribution is 2.25. The molecular formula is C12H13N3. The number of hydrogen-bond acceptors (Lipinski definition) is 1. The Morgan fingerprint density at radius 3 is 2.60 bits per heavy atom. The van der Waals surface area contributed by atoms with E-state index in [1.807, 2.05) is 19.1 Å². The third-order valence-electron chi connectivity index (χ3n) is 3.17. The third kappa shape index (κ3) is 0.897. The van der Waals surface area contributed by atoms with E-state index in [4.69, 9.17) is 5.84 Å². The highest BCUT2D eigenvalue weighted by Gasteiger charge is 2.12. The molecule has 15 heavy (non-hydrogen) atoms. The van der Waals surface area contributed by atoms with Crippen molar-refractivity contribution < 1.29 is 0 Å². The van der Waals surface area contributed by atoms with Gasteiger partial charge in [-0.3, -0.25) is 0 Å². The minimum Gasteiger partial charge on any atom is -0.337 e. The lowest BCUT2D eigenvalue weighted by atomic mass is 10.2. The van der Waals surface area contributed by atoms with Crippen LogP contribution < -0.4 is 5.84 Å². The Morgan fingerprint density at radius 2 is 1.80 bits per heavy atom. The van der Waals surface area contributed by atoms with Crippen LogP contribution in [-0.4, -0.2) is 9.08 Å². The van der Waals surface area contributed by atoms with Crippen molar-refractivity contribution >= 4 is 16.4 Å². The number of aryl methyl sites for hydroxylation is 1. The van der Waals surface area contributed by atoms with Crippen molar-refractivity contribution in [3.63, 3.8) is 0 Å². The van der Waals surface area contributed by atoms with E-state index in [0.717, 1.165) is 11.3 Å². The van der Waals surface area contributed by atoms with Crippen LogP contribution >= 0.6 is 0 Å². The van der Waals surface area contributed by atoms with Crippen molar-refractivity contribution in [1.29, 1.82) is 0 Å². The van der Waals surface area contributed by atoms with Crippen molar-refractivity contribution in [2.24, 2.45) is 0 Å². The van der Waals surface area contributed by atoms with E-state index in [-0.39, 0.29) is 0 Å². The Bertz CT molecular complexity index is 658. The van der Waals surface area contributed by atoms with Crippen molar-refractivity contribution in [2.45, 2.75) is 13.8 Å². The van der Waals surface area contributed by atoms with Gasteiger partial charge in [0.05, 0.1) is 5.69 Å². The van der Waals surface area contributed by atoms with E-state index in [2.05, 4.69) is 29.7 Å². The number of hydrogen-bond donors (Lipinski definition) is 1. The molecule has 3 rings (SSSR count). The van der Waals surface area contributed by atoms with Crippen LogP contribution in [0.5, 0.6) is 0 Å². The van der Waals surface area contributed by atoms with Gasteiger partial charge in [0.2, 0.25) is 0 Å². The minimum absolute atomic E-state index is 1.07. The van der Waals surface area contributed by atoms with Crippen molar-refractivity contribution in [3.8, 4) is 0 Å². The lowest BCUT2D eigenvalue weighted by Crippen LogP contribution is -2.09. The number of rotatable bonds is 0. The van der Waals surface area contributed by atoms with Crippen molar-refractivity contribution in [3.05, 3.63) is 41.9 Å². The maximum atomic E-state index is 6.05. The first-order chi connectivity index (χ1) is 7.20. The Hall–Kier alpha value is -1.90. The zero-order chi connectivity index (χ0) is 10.6. The Labute approximate surface area is 87.7 Å². The molecular weight excluding hydrogens is 186 g/mol. The first-order valence-corrected chi connectivity index (χ1v) is 5.03. The average molecular weight is 199 g/mol. The number of benzene rings is 1. The summed E-state index contributed by atoms with van der Waals surface area (Å²) in [6.45, 7) is 4.13. The second-order valence-corrected chi connectivity index (χ2v) is 3.95. The summed E-state index contributed by atoms with van der Waals surface area (Å²) in [4.78, 5) is 0. The van der Waals surface area contributed by atoms with Crippen LogP contribution in [0, 0.1) is 13.8 Å². The molecule has 0 bridgehead atoms. The van der Waals surface area contributed by atoms with Gasteiger partial charge < -0.3 is 10.2 Å². The number of fused-ring (bicyclic) bond motifs is 3. The lowest BCUT2D eigenvalue weighted by Gasteiger charge is -1.97. The molecule has 0 amide bonds. The molecule has 76 valence electrons. The molecule has 0 aliphatic rings. The first-order valence-electron chi connectivity index (χ1n) is 5.03. The number of nitrogen functional groups attached to an aromatic ring is 1. The second-order valence-electron chi connectivity index (χ2n) is 3.95. The summed E-state index contributed by atoms with van der Waals surface area (Å²) < 4.78 is 3.91. The summed E-state index contributed by atoms with van der Waals surface area (Å²) in [7, 11) is 0. The van der Waals surface area contributed by atoms with Crippen LogP contribution in [0.15, 0.2) is 30.5 Å². The number of imidazole rings is 1. The quantitative estimate of drug-likeness (QED) is 0.554. The molecule has 0 saturated heterocycles. The fourth-order valence-electron chi connectivity index (χ4n) is 2.15. The molecule has 0 saturated carbocycles. The van der Waals surface area contributed by atoms with Gasteiger partial charge in [-0.2, -0.15) is 0 Å². The molecule has 0 spiro atoms. The maximum Gasteiger partial charge on any atom is 0.143 e. The molecule has 0 atom stereocenters. The van der Waals surface area contributed by atoms with Crippen LogP contribution in [0.3, 0.4) is 0 Å². The van der Waals surface area contributed by atoms with E-state index in [1.54, 1.807) is 4.68 Å². The Morgan fingerprint density at radius 1 is 1.07 bits per heavy atom. The second kappa shape index (κ2) is 2.57. The number of nitrogens with zero attached hydrogens (tertiary/aromatic N) is 2. The standard InChI is InChI=1S/C12H13N3/c1-8-9(2)15(13)12-11-6-4-3-5-10(11)7-14(8)12/h3-7H,13H2,1-2H3. The molecule has 2 heterocycles. The first kappa shape index (κ1) is 8.41. The van der Waals surface area contributed by atoms with Crippen molar-refractivity contribution in [2.75, 3.05) is 5.84 Å². The topological polar surface area (TPSA) is 35.4 Å². The summed E-state index contributed by atoms with van der Waals surface area (Å²) in [6.07, 6.45) is 2.14. The monoisotopic (exact) mass is 199 g/mol. The highest BCUT2D eigenvalue weighted by atomic mass is 15.3. The van der Waals surface area contributed by atoms with Gasteiger partial charge in [0.25, 0.3) is 0 Å². The molecule has 0 unspecified atom stereocenters. The molecule has 0 aliphatic carbocycles. The summed E-state index contributed by atoms with van der Waals surface area (Å²) in [5, 5.41) is 2.44. The largest absolute Gasteiger partial charge is 0.337 e. The molecule has 1 aromatic carbocycles. The molecule has 0 fully saturated rings. The smallest absolute Gasteiger partial charge is 0.143 e. The van der Waals surface area contributed by atoms with Gasteiger partial charge in [-0.25, -0.2) is 4.68 Å². The molecule has 3 aromatic rings. The molecule has 0 radical (unpaired) electrons. The molecule has 2 N–H and O–H groups in total. The van der Waals surface area contributed by atoms with Crippen LogP contribution in [0.25, 0.3) is 16.4 Å². The summed E-state index contributed by atoms with van der Waals surface area (Å²) in [6, 6.07) is 8.30. The van der Waals surface area contributed by atoms with Gasteiger partial charge in [0.1, 0.15) is 5.65 Å². The zero-order valence-corrected chi connectivity index (χ0v) is 8.86. The predicted octanol–water partition coefficient (Wildman–Crippen LogP) is 2.22. The maximum absolute atomic E-state index is 6.05. The van der Waals surface area contributed by atoms with E-state index >= 15 is 0 Å². The van der Waals surface area contributed by atoms with Crippen LogP contribution in [0.1, 0.15) is 11.4 Å². The van der Waals surface area contributed by atoms with E-state index in [9.17, 15) is 0 Å². The van der Waals surface area contributed by atoms with Gasteiger partial charge >= 0.3 is 0 Å². The van der Waals surface area contributed by atoms with E-state index < -0.39 is 0 Å². The third-order valence-corrected chi connectivity index (χ3v) is 3.17. The van der Waals surface area contributed by atoms with Gasteiger partial charge in [0, 0.05) is 22.7 Å². The summed E-state index contributed by atoms with van der Waals surface area (Å²) in [5.74, 6) is 6.05. The molecule has 3 heteroatoms. The van der Waals surface area contributed by atoms with Gasteiger partial charge in [-0.15, -0.1) is 0 Å². The lowest BCUT2D eigenvalue weighted by molar-refractivity contribution is 0.992. The average Bonchev–Trinajstić information content (AvgIpc) is 2.72. The fraction of sp³-hybridized carbons (Fsp3) is 0.167. The summed E-state index contributed by atoms with van der Waals surface area (Å²) >= 11 is 0. The van der Waals surface area contributed by atoms with Crippen molar-refractivity contribution in [1.82, 2.24) is 9.08 Å². The normalized spacial score (nSPS) is 11.6. The van der Waals surface area contributed by atoms with E-state index in [1.165, 1.54) is 16.5 Å². The summed E-state index contributed by atoms with van der Waals surface area (Å²) in [5.41, 5.74) is 3.38. The Kier molecular flexibility index (Phi) is 1.44. The van der Waals surface area contributed by atoms with Gasteiger partial charge in [-0.05, 0) is 13.8 Å². The molecule has 3 nitrogen and oxygen atoms in total. The fourth-order valence-corrected chi connectivity index (χ4v) is 2.15. The SMILES string of the molecule is Cc1c(C)n2cc3ccccc3c2n1N. The van der Waals surface area contributed by atoms with Crippen LogP contribution in [0.4, 0.5) is 0 Å². The number of aromatic nitrogens is 2. The minimum atomic E-state index is 1.07. The zero-order valence-electron chi connectivity index (χ0n) is 8.86. The predicted molar refractivity (Wildman–Crippen MR) is 62.5 cm³/mol. The molecule has 0 aliphatic heterocycles. The van der Waals surface area contributed by atoms with Gasteiger partial charge in [-0.1, -0.05) is 24.3 Å². The van der Waals surface area contributed by atoms with E-state index in [0.29, 0.717) is 0 Å². The van der Waals surface area contributed by atoms with Gasteiger partial charge in [0.15, 0.2) is 0 Å². The molecule has 2 aromatic heterocycles. The highest BCUT2D eigenvalue weighted by molar-refractivity contribution is 5.96. The number of nitrogens with two attached hydrogens (primary N) is 1. The van der Waals surface area contributed by atoms with Crippen LogP contribution in [-0.2, 0) is 0 Å². The van der Waals surface area contributed by atoms with Crippen LogP contribution in [0.2, 0.25) is 0 Å².